The minimum Gasteiger partial charge on any atom is -0.332 e. The average Bonchev–Trinajstić information content (AvgIpc) is 2.56. The minimum absolute atomic E-state index is 0.0269. The highest BCUT2D eigenvalue weighted by molar-refractivity contribution is 5.99. The molecule has 0 aliphatic heterocycles. The summed E-state index contributed by atoms with van der Waals surface area (Å²) in [7, 11) is 1.40. The van der Waals surface area contributed by atoms with Crippen LogP contribution in [0.15, 0.2) is 30.5 Å². The number of nitrogens with one attached hydrogen (secondary N) is 1. The molecule has 2 aromatic rings. The fourth-order valence-electron chi connectivity index (χ4n) is 2.75. The maximum Gasteiger partial charge on any atom is 0.433 e. The number of hydrogen-bond donors (Lipinski definition) is 1. The summed E-state index contributed by atoms with van der Waals surface area (Å²) in [6.45, 7) is 5.46. The molecule has 0 spiro atoms. The van der Waals surface area contributed by atoms with Gasteiger partial charge in [-0.1, -0.05) is 17.7 Å². The van der Waals surface area contributed by atoms with Crippen molar-refractivity contribution in [2.45, 2.75) is 26.9 Å². The van der Waals surface area contributed by atoms with Gasteiger partial charge in [0, 0.05) is 18.9 Å². The predicted octanol–water partition coefficient (Wildman–Crippen LogP) is 3.74. The third-order valence-corrected chi connectivity index (χ3v) is 3.97. The zero-order chi connectivity index (χ0) is 20.4. The maximum atomic E-state index is 12.5. The fraction of sp³-hybridized carbons (Fsp3) is 0.316. The van der Waals surface area contributed by atoms with E-state index in [9.17, 15) is 22.8 Å². The van der Waals surface area contributed by atoms with E-state index in [4.69, 9.17) is 0 Å². The van der Waals surface area contributed by atoms with Gasteiger partial charge in [0.1, 0.15) is 5.69 Å². The summed E-state index contributed by atoms with van der Waals surface area (Å²) in [6, 6.07) is 5.65. The Labute approximate surface area is 155 Å². The van der Waals surface area contributed by atoms with Gasteiger partial charge >= 0.3 is 6.18 Å². The van der Waals surface area contributed by atoms with Crippen LogP contribution in [0.1, 0.15) is 32.7 Å². The molecule has 0 aliphatic rings. The number of hydrogen-bond acceptors (Lipinski definition) is 3. The van der Waals surface area contributed by atoms with E-state index >= 15 is 0 Å². The number of nitrogens with zero attached hydrogens (tertiary/aromatic N) is 2. The molecule has 1 aromatic carbocycles. The first-order valence-electron chi connectivity index (χ1n) is 8.15. The van der Waals surface area contributed by atoms with Crippen LogP contribution in [0.3, 0.4) is 0 Å². The van der Waals surface area contributed by atoms with Gasteiger partial charge in [-0.15, -0.1) is 0 Å². The molecule has 0 saturated heterocycles. The van der Waals surface area contributed by atoms with E-state index < -0.39 is 23.7 Å². The zero-order valence-corrected chi connectivity index (χ0v) is 15.4. The van der Waals surface area contributed by atoms with E-state index in [2.05, 4.69) is 10.3 Å². The van der Waals surface area contributed by atoms with E-state index in [1.54, 1.807) is 0 Å². The summed E-state index contributed by atoms with van der Waals surface area (Å²) >= 11 is 0. The molecule has 2 amide bonds. The van der Waals surface area contributed by atoms with Crippen LogP contribution in [-0.4, -0.2) is 35.3 Å². The molecule has 8 heteroatoms. The van der Waals surface area contributed by atoms with Crippen LogP contribution in [-0.2, 0) is 11.0 Å². The van der Waals surface area contributed by atoms with Crippen LogP contribution in [0.4, 0.5) is 18.9 Å². The first kappa shape index (κ1) is 20.4. The largest absolute Gasteiger partial charge is 0.433 e. The Bertz CT molecular complexity index is 838. The smallest absolute Gasteiger partial charge is 0.332 e. The molecule has 0 aliphatic carbocycles. The van der Waals surface area contributed by atoms with Gasteiger partial charge in [-0.2, -0.15) is 13.2 Å². The van der Waals surface area contributed by atoms with Crippen molar-refractivity contribution in [3.63, 3.8) is 0 Å². The summed E-state index contributed by atoms with van der Waals surface area (Å²) in [5, 5.41) is 2.77. The molecule has 0 fully saturated rings. The lowest BCUT2D eigenvalue weighted by atomic mass is 10.1. The predicted molar refractivity (Wildman–Crippen MR) is 95.5 cm³/mol. The highest BCUT2D eigenvalue weighted by Crippen LogP contribution is 2.27. The topological polar surface area (TPSA) is 62.3 Å². The first-order chi connectivity index (χ1) is 12.5. The quantitative estimate of drug-likeness (QED) is 0.880. The number of amides is 2. The van der Waals surface area contributed by atoms with Crippen molar-refractivity contribution in [3.8, 4) is 0 Å². The van der Waals surface area contributed by atoms with Crippen molar-refractivity contribution in [1.29, 1.82) is 0 Å². The van der Waals surface area contributed by atoms with Crippen LogP contribution in [0.2, 0.25) is 0 Å². The molecule has 5 nitrogen and oxygen atoms in total. The standard InChI is InChI=1S/C19H20F3N3O2/c1-11-7-12(2)17(13(3)8-11)24-16(26)10-25(4)18(27)14-5-6-15(23-9-14)19(20,21)22/h5-9H,10H2,1-4H3,(H,24,26). The third kappa shape index (κ3) is 5.06. The zero-order valence-electron chi connectivity index (χ0n) is 15.4. The van der Waals surface area contributed by atoms with E-state index in [1.165, 1.54) is 7.05 Å². The molecular formula is C19H20F3N3O2. The van der Waals surface area contributed by atoms with Crippen LogP contribution in [0, 0.1) is 20.8 Å². The van der Waals surface area contributed by atoms with Gasteiger partial charge < -0.3 is 10.2 Å². The van der Waals surface area contributed by atoms with E-state index in [0.717, 1.165) is 39.9 Å². The Balaban J connectivity index is 2.05. The van der Waals surface area contributed by atoms with Gasteiger partial charge in [-0.05, 0) is 44.0 Å². The number of aryl methyl sites for hydroxylation is 3. The number of carbonyl (C=O) groups excluding carboxylic acids is 2. The van der Waals surface area contributed by atoms with Gasteiger partial charge in [0.25, 0.3) is 5.91 Å². The van der Waals surface area contributed by atoms with E-state index in [0.29, 0.717) is 5.69 Å². The van der Waals surface area contributed by atoms with Crippen molar-refractivity contribution >= 4 is 17.5 Å². The lowest BCUT2D eigenvalue weighted by Gasteiger charge is -2.18. The van der Waals surface area contributed by atoms with Crippen LogP contribution >= 0.6 is 0 Å². The average molecular weight is 379 g/mol. The Kier molecular flexibility index (Phi) is 5.88. The number of aromatic nitrogens is 1. The second-order valence-corrected chi connectivity index (χ2v) is 6.41. The van der Waals surface area contributed by atoms with Crippen LogP contribution < -0.4 is 5.32 Å². The van der Waals surface area contributed by atoms with Gasteiger partial charge in [0.05, 0.1) is 12.1 Å². The summed E-state index contributed by atoms with van der Waals surface area (Å²) in [5.74, 6) is -0.996. The maximum absolute atomic E-state index is 12.5. The second kappa shape index (κ2) is 7.77. The second-order valence-electron chi connectivity index (χ2n) is 6.41. The van der Waals surface area contributed by atoms with Gasteiger partial charge in [-0.25, -0.2) is 0 Å². The van der Waals surface area contributed by atoms with Crippen molar-refractivity contribution in [2.75, 3.05) is 18.9 Å². The monoisotopic (exact) mass is 379 g/mol. The number of halogens is 3. The Morgan fingerprint density at radius 2 is 1.70 bits per heavy atom. The molecule has 144 valence electrons. The number of anilines is 1. The van der Waals surface area contributed by atoms with Crippen molar-refractivity contribution in [1.82, 2.24) is 9.88 Å². The molecule has 2 rings (SSSR count). The molecule has 1 N–H and O–H groups in total. The minimum atomic E-state index is -4.57. The summed E-state index contributed by atoms with van der Waals surface area (Å²) in [6.07, 6.45) is -3.72. The molecule has 0 radical (unpaired) electrons. The van der Waals surface area contributed by atoms with Crippen LogP contribution in [0.25, 0.3) is 0 Å². The van der Waals surface area contributed by atoms with Crippen molar-refractivity contribution in [2.24, 2.45) is 0 Å². The molecule has 0 bridgehead atoms. The van der Waals surface area contributed by atoms with E-state index in [-0.39, 0.29) is 12.1 Å². The lowest BCUT2D eigenvalue weighted by Crippen LogP contribution is -2.35. The number of alkyl halides is 3. The molecule has 0 saturated carbocycles. The number of rotatable bonds is 4. The molecule has 0 unspecified atom stereocenters. The summed E-state index contributed by atoms with van der Waals surface area (Å²) in [4.78, 5) is 28.9. The Hall–Kier alpha value is -2.90. The molecule has 0 atom stereocenters. The van der Waals surface area contributed by atoms with Crippen LogP contribution in [0.5, 0.6) is 0 Å². The number of likely N-dealkylation sites (N-methyl/N-ethyl adjacent to an activating group) is 1. The Morgan fingerprint density at radius 1 is 1.11 bits per heavy atom. The van der Waals surface area contributed by atoms with Crippen molar-refractivity contribution in [3.05, 3.63) is 58.4 Å². The van der Waals surface area contributed by atoms with Gasteiger partial charge in [0.2, 0.25) is 5.91 Å². The molecule has 1 heterocycles. The van der Waals surface area contributed by atoms with Gasteiger partial charge in [0.15, 0.2) is 0 Å². The van der Waals surface area contributed by atoms with Gasteiger partial charge in [-0.3, -0.25) is 14.6 Å². The normalized spacial score (nSPS) is 11.2. The molecule has 27 heavy (non-hydrogen) atoms. The molecule has 1 aromatic heterocycles. The third-order valence-electron chi connectivity index (χ3n) is 3.97. The number of pyridine rings is 1. The SMILES string of the molecule is Cc1cc(C)c(NC(=O)CN(C)C(=O)c2ccc(C(F)(F)F)nc2)c(C)c1. The number of benzene rings is 1. The lowest BCUT2D eigenvalue weighted by molar-refractivity contribution is -0.141. The highest BCUT2D eigenvalue weighted by Gasteiger charge is 2.32. The molecular weight excluding hydrogens is 359 g/mol. The van der Waals surface area contributed by atoms with E-state index in [1.807, 2.05) is 32.9 Å². The summed E-state index contributed by atoms with van der Waals surface area (Å²) in [5.41, 5.74) is 2.46. The highest BCUT2D eigenvalue weighted by atomic mass is 19.4. The first-order valence-corrected chi connectivity index (χ1v) is 8.15. The number of carbonyl (C=O) groups is 2. The van der Waals surface area contributed by atoms with Crippen molar-refractivity contribution < 1.29 is 22.8 Å². The fourth-order valence-corrected chi connectivity index (χ4v) is 2.75. The Morgan fingerprint density at radius 3 is 2.19 bits per heavy atom. The summed E-state index contributed by atoms with van der Waals surface area (Å²) < 4.78 is 37.6.